The second kappa shape index (κ2) is 6.58. The minimum atomic E-state index is -0.222. The van der Waals surface area contributed by atoms with Crippen molar-refractivity contribution in [2.45, 2.75) is 19.0 Å². The number of halogens is 1. The second-order valence-corrected chi connectivity index (χ2v) is 7.06. The first kappa shape index (κ1) is 16.2. The van der Waals surface area contributed by atoms with Gasteiger partial charge in [0.15, 0.2) is 0 Å². The zero-order chi connectivity index (χ0) is 17.4. The summed E-state index contributed by atoms with van der Waals surface area (Å²) in [6.45, 7) is 2.90. The molecule has 2 heterocycles. The zero-order valence-electron chi connectivity index (χ0n) is 14.7. The number of nitrogens with one attached hydrogen (secondary N) is 1. The number of likely N-dealkylation sites (tertiary alicyclic amines) is 1. The smallest absolute Gasteiger partial charge is 0.141 e. The molecule has 3 aromatic rings. The lowest BCUT2D eigenvalue weighted by Crippen LogP contribution is -2.31. The van der Waals surface area contributed by atoms with Crippen LogP contribution >= 0.6 is 0 Å². The maximum Gasteiger partial charge on any atom is 0.141 e. The first-order valence-electron chi connectivity index (χ1n) is 8.72. The molecule has 5 heteroatoms. The van der Waals surface area contributed by atoms with Crippen molar-refractivity contribution in [3.05, 3.63) is 53.8 Å². The van der Waals surface area contributed by atoms with Crippen LogP contribution in [0.3, 0.4) is 0 Å². The summed E-state index contributed by atoms with van der Waals surface area (Å²) >= 11 is 0. The topological polar surface area (TPSA) is 35.2 Å². The van der Waals surface area contributed by atoms with Crippen LogP contribution in [-0.2, 0) is 6.54 Å². The van der Waals surface area contributed by atoms with E-state index in [-0.39, 0.29) is 5.82 Å². The molecule has 1 aromatic heterocycles. The molecule has 0 aliphatic carbocycles. The van der Waals surface area contributed by atoms with Crippen LogP contribution in [0.2, 0.25) is 0 Å². The summed E-state index contributed by atoms with van der Waals surface area (Å²) in [6.07, 6.45) is 1.17. The Morgan fingerprint density at radius 1 is 1.24 bits per heavy atom. The Balaban J connectivity index is 1.53. The highest BCUT2D eigenvalue weighted by atomic mass is 19.1. The Hall–Kier alpha value is -2.24. The Morgan fingerprint density at radius 2 is 2.08 bits per heavy atom. The fourth-order valence-corrected chi connectivity index (χ4v) is 3.56. The molecule has 0 saturated carbocycles. The molecule has 2 aromatic carbocycles. The lowest BCUT2D eigenvalue weighted by atomic mass is 10.1. The lowest BCUT2D eigenvalue weighted by molar-refractivity contribution is 0.264. The largest absolute Gasteiger partial charge is 0.338 e. The van der Waals surface area contributed by atoms with Gasteiger partial charge in [-0.15, -0.1) is 0 Å². The first-order valence-corrected chi connectivity index (χ1v) is 8.72. The van der Waals surface area contributed by atoms with Crippen molar-refractivity contribution in [1.29, 1.82) is 0 Å². The predicted molar refractivity (Wildman–Crippen MR) is 98.9 cm³/mol. The van der Waals surface area contributed by atoms with Gasteiger partial charge in [0.05, 0.1) is 16.6 Å². The number of aromatic amines is 1. The molecule has 1 unspecified atom stereocenters. The summed E-state index contributed by atoms with van der Waals surface area (Å²) in [5.74, 6) is 0.360. The maximum absolute atomic E-state index is 14.7. The number of benzene rings is 2. The molecule has 0 spiro atoms. The molecule has 1 aliphatic heterocycles. The Morgan fingerprint density at radius 3 is 2.80 bits per heavy atom. The molecule has 25 heavy (non-hydrogen) atoms. The van der Waals surface area contributed by atoms with E-state index in [1.165, 1.54) is 6.42 Å². The summed E-state index contributed by atoms with van der Waals surface area (Å²) in [4.78, 5) is 12.3. The second-order valence-electron chi connectivity index (χ2n) is 7.06. The molecule has 1 fully saturated rings. The van der Waals surface area contributed by atoms with Crippen LogP contribution in [0.1, 0.15) is 12.0 Å². The standard InChI is InChI=1S/C20H23FN4/c1-24(2)15-9-10-25(13-15)12-14-7-8-16(17(21)11-14)20-22-18-5-3-4-6-19(18)23-20/h3-8,11,15H,9-10,12-13H2,1-2H3,(H,22,23). The molecule has 0 amide bonds. The van der Waals surface area contributed by atoms with E-state index >= 15 is 0 Å². The minimum absolute atomic E-state index is 0.222. The van der Waals surface area contributed by atoms with E-state index in [0.29, 0.717) is 17.4 Å². The Kier molecular flexibility index (Phi) is 4.27. The number of hydrogen-bond donors (Lipinski definition) is 1. The molecule has 1 atom stereocenters. The lowest BCUT2D eigenvalue weighted by Gasteiger charge is -2.20. The monoisotopic (exact) mass is 338 g/mol. The third-order valence-electron chi connectivity index (χ3n) is 5.06. The fraction of sp³-hybridized carbons (Fsp3) is 0.350. The molecule has 1 N–H and O–H groups in total. The summed E-state index contributed by atoms with van der Waals surface area (Å²) < 4.78 is 14.7. The number of nitrogens with zero attached hydrogens (tertiary/aromatic N) is 3. The van der Waals surface area contributed by atoms with Crippen LogP contribution in [0, 0.1) is 5.82 Å². The number of likely N-dealkylation sites (N-methyl/N-ethyl adjacent to an activating group) is 1. The molecular weight excluding hydrogens is 315 g/mol. The molecule has 4 rings (SSSR count). The van der Waals surface area contributed by atoms with Crippen LogP contribution in [-0.4, -0.2) is 53.0 Å². The van der Waals surface area contributed by atoms with Crippen molar-refractivity contribution in [3.8, 4) is 11.4 Å². The van der Waals surface area contributed by atoms with Gasteiger partial charge in [-0.05, 0) is 50.3 Å². The van der Waals surface area contributed by atoms with Crippen LogP contribution in [0.15, 0.2) is 42.5 Å². The van der Waals surface area contributed by atoms with Gasteiger partial charge >= 0.3 is 0 Å². The zero-order valence-corrected chi connectivity index (χ0v) is 14.7. The van der Waals surface area contributed by atoms with Crippen LogP contribution in [0.4, 0.5) is 4.39 Å². The summed E-state index contributed by atoms with van der Waals surface area (Å²) in [5, 5.41) is 0. The summed E-state index contributed by atoms with van der Waals surface area (Å²) in [6, 6.07) is 13.8. The van der Waals surface area contributed by atoms with Crippen LogP contribution < -0.4 is 0 Å². The maximum atomic E-state index is 14.7. The van der Waals surface area contributed by atoms with Crippen LogP contribution in [0.25, 0.3) is 22.4 Å². The van der Waals surface area contributed by atoms with Gasteiger partial charge in [0, 0.05) is 25.7 Å². The first-order chi connectivity index (χ1) is 12.1. The third-order valence-corrected chi connectivity index (χ3v) is 5.06. The normalized spacial score (nSPS) is 18.5. The number of para-hydroxylation sites is 2. The van der Waals surface area contributed by atoms with Crippen molar-refractivity contribution < 1.29 is 4.39 Å². The number of rotatable bonds is 4. The van der Waals surface area contributed by atoms with Gasteiger partial charge in [-0.25, -0.2) is 9.37 Å². The molecule has 1 saturated heterocycles. The SMILES string of the molecule is CN(C)C1CCN(Cc2ccc(-c3nc4ccccc4[nH]3)c(F)c2)C1. The van der Waals surface area contributed by atoms with Gasteiger partial charge in [0.2, 0.25) is 0 Å². The van der Waals surface area contributed by atoms with Gasteiger partial charge in [-0.1, -0.05) is 18.2 Å². The number of H-pyrrole nitrogens is 1. The Bertz CT molecular complexity index is 853. The van der Waals surface area contributed by atoms with Gasteiger partial charge in [-0.3, -0.25) is 4.90 Å². The van der Waals surface area contributed by atoms with E-state index in [9.17, 15) is 4.39 Å². The van der Waals surface area contributed by atoms with E-state index in [1.807, 2.05) is 36.4 Å². The van der Waals surface area contributed by atoms with Crippen molar-refractivity contribution in [3.63, 3.8) is 0 Å². The average molecular weight is 338 g/mol. The highest BCUT2D eigenvalue weighted by Crippen LogP contribution is 2.25. The van der Waals surface area contributed by atoms with E-state index in [0.717, 1.165) is 36.2 Å². The van der Waals surface area contributed by atoms with Crippen molar-refractivity contribution in [1.82, 2.24) is 19.8 Å². The van der Waals surface area contributed by atoms with E-state index in [1.54, 1.807) is 6.07 Å². The quantitative estimate of drug-likeness (QED) is 0.791. The molecule has 4 nitrogen and oxygen atoms in total. The number of fused-ring (bicyclic) bond motifs is 1. The number of imidazole rings is 1. The predicted octanol–water partition coefficient (Wildman–Crippen LogP) is 3.50. The van der Waals surface area contributed by atoms with Crippen molar-refractivity contribution in [2.75, 3.05) is 27.2 Å². The van der Waals surface area contributed by atoms with Crippen molar-refractivity contribution in [2.24, 2.45) is 0 Å². The highest BCUT2D eigenvalue weighted by molar-refractivity contribution is 5.79. The highest BCUT2D eigenvalue weighted by Gasteiger charge is 2.24. The fourth-order valence-electron chi connectivity index (χ4n) is 3.56. The van der Waals surface area contributed by atoms with Gasteiger partial charge in [-0.2, -0.15) is 0 Å². The molecule has 130 valence electrons. The molecular formula is C20H23FN4. The average Bonchev–Trinajstić information content (AvgIpc) is 3.21. The summed E-state index contributed by atoms with van der Waals surface area (Å²) in [5.41, 5.74) is 3.31. The van der Waals surface area contributed by atoms with Gasteiger partial charge < -0.3 is 9.88 Å². The van der Waals surface area contributed by atoms with E-state index in [4.69, 9.17) is 0 Å². The molecule has 1 aliphatic rings. The van der Waals surface area contributed by atoms with E-state index < -0.39 is 0 Å². The van der Waals surface area contributed by atoms with Crippen LogP contribution in [0.5, 0.6) is 0 Å². The number of aromatic nitrogens is 2. The van der Waals surface area contributed by atoms with Gasteiger partial charge in [0.1, 0.15) is 11.6 Å². The summed E-state index contributed by atoms with van der Waals surface area (Å²) in [7, 11) is 4.24. The van der Waals surface area contributed by atoms with Crippen molar-refractivity contribution >= 4 is 11.0 Å². The molecule has 0 radical (unpaired) electrons. The minimum Gasteiger partial charge on any atom is -0.338 e. The third kappa shape index (κ3) is 3.30. The van der Waals surface area contributed by atoms with E-state index in [2.05, 4.69) is 33.9 Å². The van der Waals surface area contributed by atoms with Gasteiger partial charge in [0.25, 0.3) is 0 Å². The number of hydrogen-bond acceptors (Lipinski definition) is 3. The molecule has 0 bridgehead atoms. The Labute approximate surface area is 147 Å².